The number of carbonyl (C=O) groups excluding carboxylic acids is 2. The lowest BCUT2D eigenvalue weighted by Crippen LogP contribution is -2.41. The van der Waals surface area contributed by atoms with Gasteiger partial charge < -0.3 is 14.9 Å². The van der Waals surface area contributed by atoms with Gasteiger partial charge in [0.2, 0.25) is 11.8 Å². The zero-order valence-electron chi connectivity index (χ0n) is 10.6. The van der Waals surface area contributed by atoms with E-state index in [2.05, 4.69) is 0 Å². The monoisotopic (exact) mass is 276 g/mol. The Morgan fingerprint density at radius 2 is 2.16 bits per heavy atom. The largest absolute Gasteiger partial charge is 0.395 e. The third-order valence-corrected chi connectivity index (χ3v) is 3.54. The van der Waals surface area contributed by atoms with Crippen LogP contribution in [0.4, 0.5) is 8.78 Å². The Balaban J connectivity index is 1.95. The zero-order chi connectivity index (χ0) is 14.0. The number of aliphatic hydroxyl groups excluding tert-OH is 1. The molecule has 1 saturated heterocycles. The molecule has 108 valence electrons. The van der Waals surface area contributed by atoms with E-state index in [9.17, 15) is 18.4 Å². The Bertz CT molecular complexity index is 361. The molecule has 5 nitrogen and oxygen atoms in total. The van der Waals surface area contributed by atoms with Crippen molar-refractivity contribution in [3.63, 3.8) is 0 Å². The summed E-state index contributed by atoms with van der Waals surface area (Å²) in [5.74, 6) is -1.06. The maximum absolute atomic E-state index is 12.4. The molecule has 0 aromatic carbocycles. The molecule has 1 unspecified atom stereocenters. The van der Waals surface area contributed by atoms with Crippen molar-refractivity contribution in [3.05, 3.63) is 0 Å². The van der Waals surface area contributed by atoms with Gasteiger partial charge in [0, 0.05) is 25.6 Å². The molecular formula is C12H18F2N2O3. The summed E-state index contributed by atoms with van der Waals surface area (Å²) in [5.41, 5.74) is 0. The van der Waals surface area contributed by atoms with Crippen LogP contribution >= 0.6 is 0 Å². The van der Waals surface area contributed by atoms with Gasteiger partial charge in [-0.2, -0.15) is 0 Å². The van der Waals surface area contributed by atoms with E-state index in [1.54, 1.807) is 4.90 Å². The predicted molar refractivity (Wildman–Crippen MR) is 62.5 cm³/mol. The maximum atomic E-state index is 12.4. The summed E-state index contributed by atoms with van der Waals surface area (Å²) in [6.07, 6.45) is -0.610. The number of amides is 2. The molecule has 1 saturated carbocycles. The van der Waals surface area contributed by atoms with Gasteiger partial charge in [-0.15, -0.1) is 0 Å². The third-order valence-electron chi connectivity index (χ3n) is 3.54. The second-order valence-electron chi connectivity index (χ2n) is 5.08. The number of alkyl halides is 2. The zero-order valence-corrected chi connectivity index (χ0v) is 10.6. The van der Waals surface area contributed by atoms with Crippen LogP contribution in [0.15, 0.2) is 0 Å². The molecule has 1 aliphatic heterocycles. The number of hydrogen-bond donors (Lipinski definition) is 1. The fourth-order valence-corrected chi connectivity index (χ4v) is 2.47. The molecule has 1 heterocycles. The van der Waals surface area contributed by atoms with Crippen molar-refractivity contribution in [2.24, 2.45) is 5.92 Å². The first kappa shape index (κ1) is 14.2. The van der Waals surface area contributed by atoms with Gasteiger partial charge in [0.15, 0.2) is 0 Å². The summed E-state index contributed by atoms with van der Waals surface area (Å²) >= 11 is 0. The molecule has 1 aliphatic carbocycles. The lowest BCUT2D eigenvalue weighted by Gasteiger charge is -2.24. The normalized spacial score (nSPS) is 23.3. The molecule has 2 fully saturated rings. The topological polar surface area (TPSA) is 60.9 Å². The van der Waals surface area contributed by atoms with Crippen molar-refractivity contribution in [2.75, 3.05) is 26.2 Å². The van der Waals surface area contributed by atoms with Gasteiger partial charge in [0.25, 0.3) is 6.43 Å². The Labute approximate surface area is 110 Å². The maximum Gasteiger partial charge on any atom is 0.255 e. The number of rotatable bonds is 6. The Hall–Kier alpha value is -1.24. The highest BCUT2D eigenvalue weighted by molar-refractivity contribution is 5.89. The van der Waals surface area contributed by atoms with Crippen LogP contribution in [0.2, 0.25) is 0 Å². The van der Waals surface area contributed by atoms with Crippen molar-refractivity contribution >= 4 is 11.8 Å². The summed E-state index contributed by atoms with van der Waals surface area (Å²) < 4.78 is 24.8. The van der Waals surface area contributed by atoms with Crippen molar-refractivity contribution in [2.45, 2.75) is 31.7 Å². The minimum Gasteiger partial charge on any atom is -0.395 e. The third kappa shape index (κ3) is 3.40. The van der Waals surface area contributed by atoms with Crippen LogP contribution in [0, 0.1) is 5.92 Å². The quantitative estimate of drug-likeness (QED) is 0.747. The Morgan fingerprint density at radius 1 is 1.47 bits per heavy atom. The molecule has 0 bridgehead atoms. The standard InChI is InChI=1S/C12H18F2N2O3/c13-10(14)7-15(3-4-17)12(19)8-5-11(18)16(6-8)9-1-2-9/h8-10,17H,1-7H2. The number of carbonyl (C=O) groups is 2. The minimum absolute atomic E-state index is 0.0677. The highest BCUT2D eigenvalue weighted by atomic mass is 19.3. The van der Waals surface area contributed by atoms with Gasteiger partial charge in [0.1, 0.15) is 0 Å². The molecule has 19 heavy (non-hydrogen) atoms. The first-order valence-corrected chi connectivity index (χ1v) is 6.50. The van der Waals surface area contributed by atoms with Crippen LogP contribution in [0.1, 0.15) is 19.3 Å². The number of likely N-dealkylation sites (tertiary alicyclic amines) is 1. The SMILES string of the molecule is O=C(C1CC(=O)N(C2CC2)C1)N(CCO)CC(F)F. The molecule has 1 atom stereocenters. The number of aliphatic hydroxyl groups is 1. The first-order valence-electron chi connectivity index (χ1n) is 6.50. The second kappa shape index (κ2) is 5.81. The summed E-state index contributed by atoms with van der Waals surface area (Å²) in [7, 11) is 0. The van der Waals surface area contributed by atoms with Crippen molar-refractivity contribution in [3.8, 4) is 0 Å². The van der Waals surface area contributed by atoms with Gasteiger partial charge in [-0.1, -0.05) is 0 Å². The van der Waals surface area contributed by atoms with E-state index in [0.29, 0.717) is 6.54 Å². The van der Waals surface area contributed by atoms with Crippen molar-refractivity contribution in [1.82, 2.24) is 9.80 Å². The first-order chi connectivity index (χ1) is 9.02. The fraction of sp³-hybridized carbons (Fsp3) is 0.833. The summed E-state index contributed by atoms with van der Waals surface area (Å²) in [4.78, 5) is 26.5. The molecule has 2 amide bonds. The van der Waals surface area contributed by atoms with E-state index in [0.717, 1.165) is 17.7 Å². The minimum atomic E-state index is -2.63. The van der Waals surface area contributed by atoms with Gasteiger partial charge in [-0.3, -0.25) is 9.59 Å². The fourth-order valence-electron chi connectivity index (χ4n) is 2.47. The average Bonchev–Trinajstić information content (AvgIpc) is 3.11. The molecule has 7 heteroatoms. The van der Waals surface area contributed by atoms with Crippen molar-refractivity contribution in [1.29, 1.82) is 0 Å². The molecule has 0 aromatic heterocycles. The number of halogens is 2. The predicted octanol–water partition coefficient (Wildman–Crippen LogP) is 0.0833. The molecule has 0 aromatic rings. The number of nitrogens with zero attached hydrogens (tertiary/aromatic N) is 2. The molecule has 0 radical (unpaired) electrons. The van der Waals surface area contributed by atoms with Crippen LogP contribution in [-0.4, -0.2) is 65.4 Å². The van der Waals surface area contributed by atoms with Crippen LogP contribution < -0.4 is 0 Å². The Kier molecular flexibility index (Phi) is 4.34. The smallest absolute Gasteiger partial charge is 0.255 e. The van der Waals surface area contributed by atoms with E-state index < -0.39 is 24.8 Å². The highest BCUT2D eigenvalue weighted by Crippen LogP contribution is 2.33. The highest BCUT2D eigenvalue weighted by Gasteiger charge is 2.42. The average molecular weight is 276 g/mol. The van der Waals surface area contributed by atoms with E-state index in [-0.39, 0.29) is 31.5 Å². The van der Waals surface area contributed by atoms with Crippen LogP contribution in [0.3, 0.4) is 0 Å². The van der Waals surface area contributed by atoms with Gasteiger partial charge >= 0.3 is 0 Å². The van der Waals surface area contributed by atoms with Gasteiger partial charge in [-0.25, -0.2) is 8.78 Å². The number of hydrogen-bond acceptors (Lipinski definition) is 3. The lowest BCUT2D eigenvalue weighted by atomic mass is 10.1. The van der Waals surface area contributed by atoms with Crippen LogP contribution in [-0.2, 0) is 9.59 Å². The molecule has 1 N–H and O–H groups in total. The van der Waals surface area contributed by atoms with E-state index in [1.165, 1.54) is 0 Å². The van der Waals surface area contributed by atoms with Crippen LogP contribution in [0.25, 0.3) is 0 Å². The lowest BCUT2D eigenvalue weighted by molar-refractivity contribution is -0.138. The summed E-state index contributed by atoms with van der Waals surface area (Å²) in [6.45, 7) is -0.830. The van der Waals surface area contributed by atoms with Gasteiger partial charge in [-0.05, 0) is 12.8 Å². The van der Waals surface area contributed by atoms with E-state index in [4.69, 9.17) is 5.11 Å². The van der Waals surface area contributed by atoms with E-state index in [1.807, 2.05) is 0 Å². The second-order valence-corrected chi connectivity index (χ2v) is 5.08. The van der Waals surface area contributed by atoms with E-state index >= 15 is 0 Å². The van der Waals surface area contributed by atoms with Gasteiger partial charge in [0.05, 0.1) is 19.1 Å². The summed E-state index contributed by atoms with van der Waals surface area (Å²) in [5, 5.41) is 8.83. The molecule has 2 rings (SSSR count). The Morgan fingerprint density at radius 3 is 2.68 bits per heavy atom. The molecule has 0 spiro atoms. The van der Waals surface area contributed by atoms with Crippen LogP contribution in [0.5, 0.6) is 0 Å². The summed E-state index contributed by atoms with van der Waals surface area (Å²) in [6, 6.07) is 0.242. The molecular weight excluding hydrogens is 258 g/mol. The van der Waals surface area contributed by atoms with Crippen molar-refractivity contribution < 1.29 is 23.5 Å². The molecule has 2 aliphatic rings.